The second-order valence-corrected chi connectivity index (χ2v) is 11.6. The molecule has 0 spiro atoms. The Morgan fingerprint density at radius 1 is 0.675 bits per heavy atom. The lowest BCUT2D eigenvalue weighted by Gasteiger charge is -2.35. The molecule has 11 nitrogen and oxygen atoms in total. The third kappa shape index (κ3) is 12.0. The molecule has 11 heteroatoms. The minimum absolute atomic E-state index is 0.000411. The van der Waals surface area contributed by atoms with Gasteiger partial charge >= 0.3 is 24.2 Å². The van der Waals surface area contributed by atoms with E-state index < -0.39 is 31.0 Å². The first-order valence-electron chi connectivity index (χ1n) is 14.9. The van der Waals surface area contributed by atoms with Crippen molar-refractivity contribution in [2.75, 3.05) is 20.0 Å². The second kappa shape index (κ2) is 17.0. The van der Waals surface area contributed by atoms with Crippen molar-refractivity contribution in [1.29, 1.82) is 0 Å². The van der Waals surface area contributed by atoms with Crippen molar-refractivity contribution in [2.45, 2.75) is 109 Å². The first-order valence-corrected chi connectivity index (χ1v) is 14.9. The molecule has 0 heterocycles. The number of hydrogen-bond donors (Lipinski definition) is 3. The standard InChI is InChI=1S/C29H47N3O8/c1-3-26(33)37-13-14-38-27(34)31-24-11-5-8-21(17-24)16-22-9-6-12-25(18-22)32-29(36)40-19-39-28(35)30-23-10-4-7-20(2)15-23/h3,20-25H,1,4-19H2,2H3,(H,30,35)(H,31,34)(H,32,36). The van der Waals surface area contributed by atoms with Crippen molar-refractivity contribution in [3.63, 3.8) is 0 Å². The van der Waals surface area contributed by atoms with Gasteiger partial charge in [0.2, 0.25) is 6.79 Å². The van der Waals surface area contributed by atoms with Crippen LogP contribution in [0.25, 0.3) is 0 Å². The van der Waals surface area contributed by atoms with Gasteiger partial charge in [-0.15, -0.1) is 0 Å². The zero-order valence-corrected chi connectivity index (χ0v) is 23.8. The second-order valence-electron chi connectivity index (χ2n) is 11.6. The summed E-state index contributed by atoms with van der Waals surface area (Å²) >= 11 is 0. The van der Waals surface area contributed by atoms with Crippen molar-refractivity contribution >= 4 is 24.2 Å². The number of carbonyl (C=O) groups excluding carboxylic acids is 4. The van der Waals surface area contributed by atoms with Crippen molar-refractivity contribution in [2.24, 2.45) is 17.8 Å². The minimum atomic E-state index is -0.565. The molecule has 3 fully saturated rings. The summed E-state index contributed by atoms with van der Waals surface area (Å²) in [7, 11) is 0. The minimum Gasteiger partial charge on any atom is -0.459 e. The van der Waals surface area contributed by atoms with Crippen molar-refractivity contribution in [3.05, 3.63) is 12.7 Å². The average Bonchev–Trinajstić information content (AvgIpc) is 2.91. The molecular weight excluding hydrogens is 518 g/mol. The van der Waals surface area contributed by atoms with Crippen LogP contribution in [0.1, 0.15) is 90.4 Å². The fourth-order valence-corrected chi connectivity index (χ4v) is 6.41. The van der Waals surface area contributed by atoms with Crippen LogP contribution >= 0.6 is 0 Å². The van der Waals surface area contributed by atoms with Gasteiger partial charge in [0.25, 0.3) is 0 Å². The predicted molar refractivity (Wildman–Crippen MR) is 147 cm³/mol. The van der Waals surface area contributed by atoms with Gasteiger partial charge in [0.1, 0.15) is 13.2 Å². The molecule has 0 aliphatic heterocycles. The zero-order chi connectivity index (χ0) is 28.7. The van der Waals surface area contributed by atoms with Gasteiger partial charge in [-0.3, -0.25) is 0 Å². The monoisotopic (exact) mass is 565 g/mol. The predicted octanol–water partition coefficient (Wildman–Crippen LogP) is 4.94. The van der Waals surface area contributed by atoms with Gasteiger partial charge in [0.15, 0.2) is 0 Å². The van der Waals surface area contributed by atoms with E-state index >= 15 is 0 Å². The Kier molecular flexibility index (Phi) is 13.4. The maximum absolute atomic E-state index is 12.3. The molecule has 3 saturated carbocycles. The fourth-order valence-electron chi connectivity index (χ4n) is 6.41. The van der Waals surface area contributed by atoms with Crippen LogP contribution in [0.15, 0.2) is 12.7 Å². The van der Waals surface area contributed by atoms with Crippen LogP contribution in [-0.4, -0.2) is 62.4 Å². The number of carbonyl (C=O) groups is 4. The topological polar surface area (TPSA) is 141 Å². The molecule has 3 N–H and O–H groups in total. The van der Waals surface area contributed by atoms with Crippen LogP contribution < -0.4 is 16.0 Å². The van der Waals surface area contributed by atoms with E-state index in [0.717, 1.165) is 83.1 Å². The van der Waals surface area contributed by atoms with Crippen LogP contribution in [0.5, 0.6) is 0 Å². The third-order valence-electron chi connectivity index (χ3n) is 8.24. The van der Waals surface area contributed by atoms with E-state index in [2.05, 4.69) is 29.5 Å². The molecule has 6 atom stereocenters. The average molecular weight is 566 g/mol. The van der Waals surface area contributed by atoms with Crippen LogP contribution in [-0.2, 0) is 23.7 Å². The van der Waals surface area contributed by atoms with Gasteiger partial charge in [0.05, 0.1) is 0 Å². The number of rotatable bonds is 11. The Balaban J connectivity index is 1.28. The van der Waals surface area contributed by atoms with Crippen LogP contribution in [0, 0.1) is 17.8 Å². The van der Waals surface area contributed by atoms with E-state index in [1.54, 1.807) is 0 Å². The molecule has 0 saturated heterocycles. The van der Waals surface area contributed by atoms with Crippen molar-refractivity contribution in [3.8, 4) is 0 Å². The van der Waals surface area contributed by atoms with Gasteiger partial charge in [-0.2, -0.15) is 0 Å². The summed E-state index contributed by atoms with van der Waals surface area (Å²) in [5, 5.41) is 8.73. The van der Waals surface area contributed by atoms with E-state index in [0.29, 0.717) is 17.8 Å². The van der Waals surface area contributed by atoms with E-state index in [4.69, 9.17) is 18.9 Å². The zero-order valence-electron chi connectivity index (χ0n) is 23.8. The molecule has 3 rings (SSSR count). The van der Waals surface area contributed by atoms with E-state index in [9.17, 15) is 19.2 Å². The highest BCUT2D eigenvalue weighted by molar-refractivity contribution is 5.81. The van der Waals surface area contributed by atoms with Crippen molar-refractivity contribution in [1.82, 2.24) is 16.0 Å². The molecule has 6 unspecified atom stereocenters. The number of nitrogens with one attached hydrogen (secondary N) is 3. The Morgan fingerprint density at radius 2 is 1.15 bits per heavy atom. The van der Waals surface area contributed by atoms with Gasteiger partial charge in [-0.25, -0.2) is 19.2 Å². The summed E-state index contributed by atoms with van der Waals surface area (Å²) in [6.45, 7) is 5.09. The Hall–Kier alpha value is -2.98. The normalized spacial score (nSPS) is 28.3. The number of alkyl carbamates (subject to hydrolysis) is 3. The molecular formula is C29H47N3O8. The number of ether oxygens (including phenoxy) is 4. The Labute approximate surface area is 237 Å². The maximum atomic E-state index is 12.3. The lowest BCUT2D eigenvalue weighted by atomic mass is 9.75. The molecule has 0 radical (unpaired) electrons. The van der Waals surface area contributed by atoms with Crippen LogP contribution in [0.3, 0.4) is 0 Å². The van der Waals surface area contributed by atoms with Crippen LogP contribution in [0.4, 0.5) is 14.4 Å². The van der Waals surface area contributed by atoms with E-state index in [1.165, 1.54) is 6.42 Å². The summed E-state index contributed by atoms with van der Waals surface area (Å²) < 4.78 is 20.1. The summed E-state index contributed by atoms with van der Waals surface area (Å²) in [5.74, 6) is 1.04. The molecule has 226 valence electrons. The number of esters is 1. The van der Waals surface area contributed by atoms with Gasteiger partial charge in [-0.05, 0) is 62.7 Å². The SMILES string of the molecule is C=CC(=O)OCCOC(=O)NC1CCCC(CC2CCCC(NC(=O)OCOC(=O)NC3CCCC(C)C3)C2)C1. The van der Waals surface area contributed by atoms with Gasteiger partial charge in [-0.1, -0.05) is 52.0 Å². The highest BCUT2D eigenvalue weighted by atomic mass is 16.7. The first kappa shape index (κ1) is 31.5. The third-order valence-corrected chi connectivity index (χ3v) is 8.24. The van der Waals surface area contributed by atoms with E-state index in [-0.39, 0.29) is 31.3 Å². The lowest BCUT2D eigenvalue weighted by Crippen LogP contribution is -2.41. The Bertz CT molecular complexity index is 853. The van der Waals surface area contributed by atoms with Crippen LogP contribution in [0.2, 0.25) is 0 Å². The molecule has 0 aromatic carbocycles. The highest BCUT2D eigenvalue weighted by Crippen LogP contribution is 2.35. The number of hydrogen-bond acceptors (Lipinski definition) is 8. The fraction of sp³-hybridized carbons (Fsp3) is 0.793. The Morgan fingerprint density at radius 3 is 1.68 bits per heavy atom. The molecule has 3 aliphatic carbocycles. The summed E-state index contributed by atoms with van der Waals surface area (Å²) in [6.07, 6.45) is 12.6. The molecule has 40 heavy (non-hydrogen) atoms. The summed E-state index contributed by atoms with van der Waals surface area (Å²) in [6, 6.07) is 0.216. The first-order chi connectivity index (χ1) is 19.3. The summed E-state index contributed by atoms with van der Waals surface area (Å²) in [4.78, 5) is 47.4. The molecule has 0 aromatic heterocycles. The lowest BCUT2D eigenvalue weighted by molar-refractivity contribution is -0.138. The molecule has 3 amide bonds. The van der Waals surface area contributed by atoms with Gasteiger partial charge in [0, 0.05) is 24.2 Å². The smallest absolute Gasteiger partial charge is 0.410 e. The molecule has 0 bridgehead atoms. The molecule has 0 aromatic rings. The quantitative estimate of drug-likeness (QED) is 0.105. The van der Waals surface area contributed by atoms with Crippen molar-refractivity contribution < 1.29 is 38.1 Å². The number of amides is 3. The highest BCUT2D eigenvalue weighted by Gasteiger charge is 2.30. The van der Waals surface area contributed by atoms with E-state index in [1.807, 2.05) is 0 Å². The molecule has 3 aliphatic rings. The van der Waals surface area contributed by atoms with Gasteiger partial charge < -0.3 is 34.9 Å². The largest absolute Gasteiger partial charge is 0.459 e. The summed E-state index contributed by atoms with van der Waals surface area (Å²) in [5.41, 5.74) is 0. The maximum Gasteiger partial charge on any atom is 0.410 e.